The lowest BCUT2D eigenvalue weighted by atomic mass is 9.75. The van der Waals surface area contributed by atoms with E-state index in [0.29, 0.717) is 11.8 Å². The molecule has 1 heterocycles. The van der Waals surface area contributed by atoms with E-state index in [1.54, 1.807) is 7.11 Å². The molecule has 0 radical (unpaired) electrons. The third-order valence-electron chi connectivity index (χ3n) is 4.34. The van der Waals surface area contributed by atoms with Crippen molar-refractivity contribution in [1.82, 2.24) is 0 Å². The molecular weight excluding hydrogens is 272 g/mol. The van der Waals surface area contributed by atoms with Crippen LogP contribution in [0.15, 0.2) is 18.2 Å². The molecular formula is C17H25ClO2. The number of ether oxygens (including phenoxy) is 2. The maximum Gasteiger partial charge on any atom is 0.123 e. The number of rotatable bonds is 4. The summed E-state index contributed by atoms with van der Waals surface area (Å²) in [4.78, 5) is 0. The second-order valence-electron chi connectivity index (χ2n) is 6.26. The lowest BCUT2D eigenvalue weighted by Crippen LogP contribution is -2.36. The van der Waals surface area contributed by atoms with Crippen molar-refractivity contribution < 1.29 is 9.47 Å². The topological polar surface area (TPSA) is 18.5 Å². The normalized spacial score (nSPS) is 23.4. The molecule has 0 unspecified atom stereocenters. The van der Waals surface area contributed by atoms with Gasteiger partial charge in [-0.1, -0.05) is 24.6 Å². The Labute approximate surface area is 127 Å². The van der Waals surface area contributed by atoms with Crippen LogP contribution in [0.3, 0.4) is 0 Å². The Bertz CT molecular complexity index is 456. The number of hydrogen-bond acceptors (Lipinski definition) is 2. The van der Waals surface area contributed by atoms with E-state index in [1.165, 1.54) is 5.56 Å². The Morgan fingerprint density at radius 3 is 2.80 bits per heavy atom. The van der Waals surface area contributed by atoms with Crippen LogP contribution in [0.5, 0.6) is 5.75 Å². The van der Waals surface area contributed by atoms with E-state index >= 15 is 0 Å². The minimum atomic E-state index is -0.0179. The molecule has 1 aromatic rings. The molecule has 1 aliphatic heterocycles. The van der Waals surface area contributed by atoms with E-state index in [0.717, 1.165) is 36.6 Å². The first kappa shape index (κ1) is 15.7. The molecule has 3 heteroatoms. The van der Waals surface area contributed by atoms with Crippen molar-refractivity contribution >= 4 is 11.6 Å². The monoisotopic (exact) mass is 296 g/mol. The Kier molecular flexibility index (Phi) is 4.98. The fraction of sp³-hybridized carbons (Fsp3) is 0.647. The van der Waals surface area contributed by atoms with Gasteiger partial charge in [-0.25, -0.2) is 0 Å². The third-order valence-corrected chi connectivity index (χ3v) is 4.57. The van der Waals surface area contributed by atoms with E-state index in [4.69, 9.17) is 21.1 Å². The molecule has 0 aliphatic carbocycles. The summed E-state index contributed by atoms with van der Waals surface area (Å²) in [6.07, 6.45) is 3.32. The molecule has 1 fully saturated rings. The summed E-state index contributed by atoms with van der Waals surface area (Å²) in [5.74, 6) is 2.05. The molecule has 0 spiro atoms. The standard InChI is InChI=1S/C17H25ClO2/c1-5-14(12-8-9-20-17(2,3)11-12)15-7-6-13(18)10-16(15)19-4/h6-7,10,12,14H,5,8-9,11H2,1-4H3/t12-,14-/m0/s1. The summed E-state index contributed by atoms with van der Waals surface area (Å²) in [6, 6.07) is 6.01. The van der Waals surface area contributed by atoms with Gasteiger partial charge in [-0.15, -0.1) is 0 Å². The van der Waals surface area contributed by atoms with Crippen LogP contribution >= 0.6 is 11.6 Å². The van der Waals surface area contributed by atoms with Crippen molar-refractivity contribution in [3.8, 4) is 5.75 Å². The maximum absolute atomic E-state index is 6.07. The molecule has 0 aromatic heterocycles. The van der Waals surface area contributed by atoms with Crippen LogP contribution in [0, 0.1) is 5.92 Å². The summed E-state index contributed by atoms with van der Waals surface area (Å²) in [5, 5.41) is 0.729. The SMILES string of the molecule is CC[C@H](c1ccc(Cl)cc1OC)[C@H]1CCOC(C)(C)C1. The second kappa shape index (κ2) is 6.36. The van der Waals surface area contributed by atoms with E-state index in [1.807, 2.05) is 12.1 Å². The van der Waals surface area contributed by atoms with E-state index in [9.17, 15) is 0 Å². The van der Waals surface area contributed by atoms with E-state index in [-0.39, 0.29) is 5.60 Å². The Morgan fingerprint density at radius 2 is 2.20 bits per heavy atom. The Balaban J connectivity index is 2.28. The number of halogens is 1. The largest absolute Gasteiger partial charge is 0.496 e. The molecule has 20 heavy (non-hydrogen) atoms. The van der Waals surface area contributed by atoms with Gasteiger partial charge in [0.1, 0.15) is 5.75 Å². The first-order valence-electron chi connectivity index (χ1n) is 7.44. The van der Waals surface area contributed by atoms with Crippen LogP contribution in [0.4, 0.5) is 0 Å². The number of benzene rings is 1. The van der Waals surface area contributed by atoms with Gasteiger partial charge in [0.05, 0.1) is 12.7 Å². The molecule has 1 aromatic carbocycles. The Morgan fingerprint density at radius 1 is 1.45 bits per heavy atom. The average molecular weight is 297 g/mol. The fourth-order valence-electron chi connectivity index (χ4n) is 3.42. The van der Waals surface area contributed by atoms with Crippen LogP contribution in [0.2, 0.25) is 5.02 Å². The summed E-state index contributed by atoms with van der Waals surface area (Å²) in [5.41, 5.74) is 1.26. The summed E-state index contributed by atoms with van der Waals surface area (Å²) in [7, 11) is 1.72. The number of hydrogen-bond donors (Lipinski definition) is 0. The van der Waals surface area contributed by atoms with Crippen LogP contribution < -0.4 is 4.74 Å². The van der Waals surface area contributed by atoms with Gasteiger partial charge >= 0.3 is 0 Å². The van der Waals surface area contributed by atoms with E-state index < -0.39 is 0 Å². The van der Waals surface area contributed by atoms with Crippen molar-refractivity contribution in [2.24, 2.45) is 5.92 Å². The van der Waals surface area contributed by atoms with Gasteiger partial charge in [0.25, 0.3) is 0 Å². The van der Waals surface area contributed by atoms with Crippen LogP contribution in [-0.2, 0) is 4.74 Å². The highest BCUT2D eigenvalue weighted by Gasteiger charge is 2.34. The van der Waals surface area contributed by atoms with Crippen LogP contribution in [0.1, 0.15) is 51.5 Å². The second-order valence-corrected chi connectivity index (χ2v) is 6.70. The van der Waals surface area contributed by atoms with Gasteiger partial charge < -0.3 is 9.47 Å². The smallest absolute Gasteiger partial charge is 0.123 e. The molecule has 1 saturated heterocycles. The summed E-state index contributed by atoms with van der Waals surface area (Å²) < 4.78 is 11.4. The quantitative estimate of drug-likeness (QED) is 0.774. The third kappa shape index (κ3) is 3.48. The maximum atomic E-state index is 6.07. The van der Waals surface area contributed by atoms with Gasteiger partial charge in [-0.3, -0.25) is 0 Å². The zero-order chi connectivity index (χ0) is 14.8. The molecule has 0 bridgehead atoms. The van der Waals surface area contributed by atoms with Crippen molar-refractivity contribution in [1.29, 1.82) is 0 Å². The highest BCUT2D eigenvalue weighted by Crippen LogP contribution is 2.43. The molecule has 112 valence electrons. The lowest BCUT2D eigenvalue weighted by molar-refractivity contribution is -0.0770. The molecule has 0 saturated carbocycles. The van der Waals surface area contributed by atoms with Gasteiger partial charge in [-0.05, 0) is 62.6 Å². The van der Waals surface area contributed by atoms with Gasteiger partial charge in [0, 0.05) is 11.6 Å². The molecule has 0 N–H and O–H groups in total. The fourth-order valence-corrected chi connectivity index (χ4v) is 3.58. The van der Waals surface area contributed by atoms with Crippen molar-refractivity contribution in [3.63, 3.8) is 0 Å². The van der Waals surface area contributed by atoms with Gasteiger partial charge in [0.2, 0.25) is 0 Å². The highest BCUT2D eigenvalue weighted by molar-refractivity contribution is 6.30. The van der Waals surface area contributed by atoms with Crippen molar-refractivity contribution in [2.45, 2.75) is 51.6 Å². The first-order chi connectivity index (χ1) is 9.46. The Hall–Kier alpha value is -0.730. The van der Waals surface area contributed by atoms with Gasteiger partial charge in [-0.2, -0.15) is 0 Å². The minimum absolute atomic E-state index is 0.0179. The highest BCUT2D eigenvalue weighted by atomic mass is 35.5. The zero-order valence-electron chi connectivity index (χ0n) is 12.9. The average Bonchev–Trinajstić information content (AvgIpc) is 2.40. The molecule has 2 rings (SSSR count). The predicted octanol–water partition coefficient (Wildman–Crippen LogP) is 5.05. The lowest BCUT2D eigenvalue weighted by Gasteiger charge is -2.39. The molecule has 1 aliphatic rings. The number of methoxy groups -OCH3 is 1. The molecule has 2 atom stereocenters. The zero-order valence-corrected chi connectivity index (χ0v) is 13.7. The van der Waals surface area contributed by atoms with Crippen molar-refractivity contribution in [3.05, 3.63) is 28.8 Å². The summed E-state index contributed by atoms with van der Waals surface area (Å²) in [6.45, 7) is 7.47. The predicted molar refractivity (Wildman–Crippen MR) is 83.8 cm³/mol. The minimum Gasteiger partial charge on any atom is -0.496 e. The van der Waals surface area contributed by atoms with Crippen LogP contribution in [0.25, 0.3) is 0 Å². The van der Waals surface area contributed by atoms with Gasteiger partial charge in [0.15, 0.2) is 0 Å². The van der Waals surface area contributed by atoms with Crippen molar-refractivity contribution in [2.75, 3.05) is 13.7 Å². The summed E-state index contributed by atoms with van der Waals surface area (Å²) >= 11 is 6.07. The first-order valence-corrected chi connectivity index (χ1v) is 7.82. The molecule has 2 nitrogen and oxygen atoms in total. The van der Waals surface area contributed by atoms with Crippen LogP contribution in [-0.4, -0.2) is 19.3 Å². The van der Waals surface area contributed by atoms with E-state index in [2.05, 4.69) is 26.8 Å². The molecule has 0 amide bonds.